The van der Waals surface area contributed by atoms with E-state index in [0.717, 1.165) is 16.3 Å². The minimum atomic E-state index is 0.523. The summed E-state index contributed by atoms with van der Waals surface area (Å²) in [6.45, 7) is 1.95. The summed E-state index contributed by atoms with van der Waals surface area (Å²) in [6.07, 6.45) is 3.29. The zero-order valence-electron chi connectivity index (χ0n) is 7.89. The molecule has 0 saturated heterocycles. The molecule has 5 heteroatoms. The highest BCUT2D eigenvalue weighted by molar-refractivity contribution is 7.13. The first-order valence-electron chi connectivity index (χ1n) is 4.07. The van der Waals surface area contributed by atoms with Gasteiger partial charge in [0, 0.05) is 0 Å². The maximum absolute atomic E-state index is 5.00. The van der Waals surface area contributed by atoms with E-state index in [1.165, 1.54) is 0 Å². The minimum Gasteiger partial charge on any atom is -0.480 e. The van der Waals surface area contributed by atoms with Gasteiger partial charge in [-0.3, -0.25) is 4.98 Å². The van der Waals surface area contributed by atoms with Gasteiger partial charge in [0.2, 0.25) is 5.88 Å². The van der Waals surface area contributed by atoms with Crippen molar-refractivity contribution in [2.45, 2.75) is 6.92 Å². The first kappa shape index (κ1) is 9.08. The molecule has 0 saturated carbocycles. The van der Waals surface area contributed by atoms with Crippen LogP contribution in [0.2, 0.25) is 0 Å². The van der Waals surface area contributed by atoms with Gasteiger partial charge in [0.05, 0.1) is 35.6 Å². The number of methoxy groups -OCH3 is 1. The largest absolute Gasteiger partial charge is 0.480 e. The second-order valence-electron chi connectivity index (χ2n) is 2.71. The molecule has 4 nitrogen and oxygen atoms in total. The zero-order chi connectivity index (χ0) is 9.97. The molecule has 0 unspecified atom stereocenters. The predicted molar refractivity (Wildman–Crippen MR) is 54.4 cm³/mol. The van der Waals surface area contributed by atoms with Crippen LogP contribution in [0.15, 0.2) is 17.9 Å². The lowest BCUT2D eigenvalue weighted by molar-refractivity contribution is 0.396. The van der Waals surface area contributed by atoms with Gasteiger partial charge in [0.25, 0.3) is 0 Å². The lowest BCUT2D eigenvalue weighted by atomic mass is 10.3. The Morgan fingerprint density at radius 2 is 2.21 bits per heavy atom. The van der Waals surface area contributed by atoms with Crippen molar-refractivity contribution in [1.29, 1.82) is 0 Å². The van der Waals surface area contributed by atoms with Gasteiger partial charge in [-0.25, -0.2) is 9.97 Å². The summed E-state index contributed by atoms with van der Waals surface area (Å²) in [7, 11) is 1.58. The van der Waals surface area contributed by atoms with Crippen molar-refractivity contribution in [2.75, 3.05) is 7.11 Å². The number of rotatable bonds is 2. The van der Waals surface area contributed by atoms with Crippen molar-refractivity contribution in [3.63, 3.8) is 0 Å². The van der Waals surface area contributed by atoms with E-state index < -0.39 is 0 Å². The van der Waals surface area contributed by atoms with Crippen LogP contribution >= 0.6 is 11.3 Å². The normalized spacial score (nSPS) is 10.1. The van der Waals surface area contributed by atoms with Gasteiger partial charge in [-0.2, -0.15) is 0 Å². The predicted octanol–water partition coefficient (Wildman–Crippen LogP) is 1.92. The van der Waals surface area contributed by atoms with Crippen molar-refractivity contribution in [1.82, 2.24) is 15.0 Å². The van der Waals surface area contributed by atoms with Crippen molar-refractivity contribution >= 4 is 11.3 Å². The van der Waals surface area contributed by atoms with Crippen LogP contribution in [0.3, 0.4) is 0 Å². The van der Waals surface area contributed by atoms with Crippen LogP contribution in [0.25, 0.3) is 10.6 Å². The summed E-state index contributed by atoms with van der Waals surface area (Å²) < 4.78 is 5.00. The number of ether oxygens (including phenoxy) is 1. The Morgan fingerprint density at radius 3 is 2.86 bits per heavy atom. The van der Waals surface area contributed by atoms with E-state index >= 15 is 0 Å². The highest BCUT2D eigenvalue weighted by Crippen LogP contribution is 2.25. The SMILES string of the molecule is COc1cncc(-c2scnc2C)n1. The van der Waals surface area contributed by atoms with Gasteiger partial charge < -0.3 is 4.74 Å². The molecule has 0 fully saturated rings. The van der Waals surface area contributed by atoms with Gasteiger partial charge in [-0.1, -0.05) is 0 Å². The fourth-order valence-corrected chi connectivity index (χ4v) is 1.86. The topological polar surface area (TPSA) is 47.9 Å². The maximum Gasteiger partial charge on any atom is 0.232 e. The Hall–Kier alpha value is -1.49. The number of aryl methyl sites for hydroxylation is 1. The van der Waals surface area contributed by atoms with Crippen LogP contribution in [0.5, 0.6) is 5.88 Å². The van der Waals surface area contributed by atoms with E-state index in [1.54, 1.807) is 36.4 Å². The molecule has 0 aliphatic rings. The molecule has 0 bridgehead atoms. The van der Waals surface area contributed by atoms with E-state index in [1.807, 2.05) is 6.92 Å². The lowest BCUT2D eigenvalue weighted by Crippen LogP contribution is -1.91. The van der Waals surface area contributed by atoms with Gasteiger partial charge in [-0.05, 0) is 6.92 Å². The Kier molecular flexibility index (Phi) is 2.41. The number of aromatic nitrogens is 3. The third-order valence-electron chi connectivity index (χ3n) is 1.80. The standard InChI is InChI=1S/C9H9N3OS/c1-6-9(14-5-11-6)7-3-10-4-8(12-7)13-2/h3-5H,1-2H3. The van der Waals surface area contributed by atoms with Crippen molar-refractivity contribution < 1.29 is 4.74 Å². The second-order valence-corrected chi connectivity index (χ2v) is 3.57. The van der Waals surface area contributed by atoms with Crippen LogP contribution < -0.4 is 4.74 Å². The molecule has 0 aromatic carbocycles. The Labute approximate surface area is 85.6 Å². The molecular weight excluding hydrogens is 198 g/mol. The molecule has 2 heterocycles. The summed E-state index contributed by atoms with van der Waals surface area (Å²) >= 11 is 1.55. The fourth-order valence-electron chi connectivity index (χ4n) is 1.10. The van der Waals surface area contributed by atoms with Crippen LogP contribution in [0.4, 0.5) is 0 Å². The summed E-state index contributed by atoms with van der Waals surface area (Å²) in [5.74, 6) is 0.523. The Morgan fingerprint density at radius 1 is 1.36 bits per heavy atom. The molecule has 14 heavy (non-hydrogen) atoms. The quantitative estimate of drug-likeness (QED) is 0.754. The van der Waals surface area contributed by atoms with E-state index in [0.29, 0.717) is 5.88 Å². The molecule has 2 aromatic heterocycles. The van der Waals surface area contributed by atoms with E-state index in [4.69, 9.17) is 4.74 Å². The first-order valence-corrected chi connectivity index (χ1v) is 4.95. The third-order valence-corrected chi connectivity index (χ3v) is 2.75. The molecule has 0 N–H and O–H groups in total. The van der Waals surface area contributed by atoms with Gasteiger partial charge in [-0.15, -0.1) is 11.3 Å². The molecule has 0 aliphatic heterocycles. The monoisotopic (exact) mass is 207 g/mol. The summed E-state index contributed by atoms with van der Waals surface area (Å²) in [4.78, 5) is 13.5. The summed E-state index contributed by atoms with van der Waals surface area (Å²) in [5.41, 5.74) is 3.58. The highest BCUT2D eigenvalue weighted by atomic mass is 32.1. The van der Waals surface area contributed by atoms with Crippen LogP contribution in [-0.2, 0) is 0 Å². The number of thiazole rings is 1. The highest BCUT2D eigenvalue weighted by Gasteiger charge is 2.07. The summed E-state index contributed by atoms with van der Waals surface area (Å²) in [6, 6.07) is 0. The fraction of sp³-hybridized carbons (Fsp3) is 0.222. The molecular formula is C9H9N3OS. The van der Waals surface area contributed by atoms with Crippen molar-refractivity contribution in [3.8, 4) is 16.5 Å². The van der Waals surface area contributed by atoms with Crippen molar-refractivity contribution in [2.24, 2.45) is 0 Å². The Balaban J connectivity index is 2.47. The third kappa shape index (κ3) is 1.58. The van der Waals surface area contributed by atoms with E-state index in [-0.39, 0.29) is 0 Å². The molecule has 0 amide bonds. The smallest absolute Gasteiger partial charge is 0.232 e. The molecule has 0 atom stereocenters. The molecule has 0 spiro atoms. The lowest BCUT2D eigenvalue weighted by Gasteiger charge is -2.00. The number of hydrogen-bond acceptors (Lipinski definition) is 5. The second kappa shape index (κ2) is 3.71. The molecule has 2 aromatic rings. The van der Waals surface area contributed by atoms with Gasteiger partial charge >= 0.3 is 0 Å². The Bertz CT molecular complexity index is 441. The summed E-state index contributed by atoms with van der Waals surface area (Å²) in [5, 5.41) is 0. The van der Waals surface area contributed by atoms with Crippen molar-refractivity contribution in [3.05, 3.63) is 23.6 Å². The minimum absolute atomic E-state index is 0.523. The average Bonchev–Trinajstić information content (AvgIpc) is 2.65. The maximum atomic E-state index is 5.00. The molecule has 72 valence electrons. The first-order chi connectivity index (χ1) is 6.81. The van der Waals surface area contributed by atoms with Crippen LogP contribution in [0.1, 0.15) is 5.69 Å². The molecule has 0 radical (unpaired) electrons. The van der Waals surface area contributed by atoms with Gasteiger partial charge in [0.15, 0.2) is 0 Å². The van der Waals surface area contributed by atoms with Crippen LogP contribution in [0, 0.1) is 6.92 Å². The average molecular weight is 207 g/mol. The molecule has 2 rings (SSSR count). The van der Waals surface area contributed by atoms with Crippen LogP contribution in [-0.4, -0.2) is 22.1 Å². The number of hydrogen-bond donors (Lipinski definition) is 0. The van der Waals surface area contributed by atoms with Gasteiger partial charge in [0.1, 0.15) is 5.69 Å². The van der Waals surface area contributed by atoms with E-state index in [2.05, 4.69) is 15.0 Å². The molecule has 0 aliphatic carbocycles. The zero-order valence-corrected chi connectivity index (χ0v) is 8.71. The van der Waals surface area contributed by atoms with E-state index in [9.17, 15) is 0 Å². The number of nitrogens with zero attached hydrogens (tertiary/aromatic N) is 3.